The van der Waals surface area contributed by atoms with Gasteiger partial charge in [-0.05, 0) is 49.1 Å². The number of carbonyl (C=O) groups excluding carboxylic acids is 1. The predicted octanol–water partition coefficient (Wildman–Crippen LogP) is 5.05. The van der Waals surface area contributed by atoms with Gasteiger partial charge in [0.15, 0.2) is 0 Å². The Kier molecular flexibility index (Phi) is 7.27. The number of ether oxygens (including phenoxy) is 1. The van der Waals surface area contributed by atoms with Crippen LogP contribution in [-0.2, 0) is 21.5 Å². The van der Waals surface area contributed by atoms with Crippen molar-refractivity contribution in [2.45, 2.75) is 56.2 Å². The topological polar surface area (TPSA) is 94.3 Å². The lowest BCUT2D eigenvalue weighted by atomic mass is 9.86. The Bertz CT molecular complexity index is 1110. The molecule has 3 aromatic rings. The van der Waals surface area contributed by atoms with E-state index in [1.807, 2.05) is 18.3 Å². The molecular weight excluding hydrogens is 438 g/mol. The Morgan fingerprint density at radius 3 is 2.21 bits per heavy atom. The molecule has 8 heteroatoms. The zero-order valence-electron chi connectivity index (χ0n) is 19.5. The van der Waals surface area contributed by atoms with E-state index in [-0.39, 0.29) is 12.0 Å². The molecule has 0 amide bonds. The van der Waals surface area contributed by atoms with Crippen molar-refractivity contribution in [1.82, 2.24) is 15.0 Å². The van der Waals surface area contributed by atoms with Crippen LogP contribution in [0.1, 0.15) is 50.5 Å². The summed E-state index contributed by atoms with van der Waals surface area (Å²) in [6, 6.07) is 15.0. The van der Waals surface area contributed by atoms with E-state index < -0.39 is 16.7 Å². The van der Waals surface area contributed by atoms with Gasteiger partial charge >= 0.3 is 11.9 Å². The van der Waals surface area contributed by atoms with E-state index in [4.69, 9.17) is 4.74 Å². The highest BCUT2D eigenvalue weighted by Crippen LogP contribution is 2.32. The number of aliphatic carboxylic acids is 1. The van der Waals surface area contributed by atoms with Crippen LogP contribution in [0.4, 0.5) is 0 Å². The maximum absolute atomic E-state index is 12.3. The number of esters is 1. The molecule has 0 saturated carbocycles. The first-order chi connectivity index (χ1) is 15.5. The van der Waals surface area contributed by atoms with Gasteiger partial charge in [-0.2, -0.15) is 0 Å². The minimum Gasteiger partial charge on any atom is -0.480 e. The number of thioether (sulfide) groups is 1. The van der Waals surface area contributed by atoms with Crippen LogP contribution in [0.15, 0.2) is 59.6 Å². The average molecular weight is 468 g/mol. The van der Waals surface area contributed by atoms with Crippen LogP contribution >= 0.6 is 11.8 Å². The van der Waals surface area contributed by atoms with Gasteiger partial charge in [-0.15, -0.1) is 16.9 Å². The van der Waals surface area contributed by atoms with E-state index in [1.165, 1.54) is 17.3 Å². The van der Waals surface area contributed by atoms with Gasteiger partial charge in [0, 0.05) is 10.5 Å². The highest BCUT2D eigenvalue weighted by molar-refractivity contribution is 8.01. The summed E-state index contributed by atoms with van der Waals surface area (Å²) in [7, 11) is 0. The molecule has 3 rings (SSSR count). The molecule has 2 aromatic carbocycles. The van der Waals surface area contributed by atoms with Gasteiger partial charge in [0.1, 0.15) is 17.0 Å². The molecule has 0 bridgehead atoms. The van der Waals surface area contributed by atoms with Gasteiger partial charge < -0.3 is 9.84 Å². The number of benzene rings is 2. The lowest BCUT2D eigenvalue weighted by Crippen LogP contribution is -2.26. The van der Waals surface area contributed by atoms with Crippen LogP contribution in [0.25, 0.3) is 11.3 Å². The molecule has 0 aliphatic carbocycles. The van der Waals surface area contributed by atoms with Crippen molar-refractivity contribution in [3.8, 4) is 11.3 Å². The summed E-state index contributed by atoms with van der Waals surface area (Å²) in [4.78, 5) is 24.3. The number of carbonyl (C=O) groups is 2. The lowest BCUT2D eigenvalue weighted by Gasteiger charge is -2.18. The highest BCUT2D eigenvalue weighted by atomic mass is 32.2. The fourth-order valence-corrected chi connectivity index (χ4v) is 3.94. The van der Waals surface area contributed by atoms with Crippen molar-refractivity contribution in [2.24, 2.45) is 0 Å². The molecule has 1 heterocycles. The van der Waals surface area contributed by atoms with Gasteiger partial charge in [-0.25, -0.2) is 9.48 Å². The molecule has 0 aliphatic heterocycles. The summed E-state index contributed by atoms with van der Waals surface area (Å²) in [5.74, 6) is -1.34. The van der Waals surface area contributed by atoms with Crippen molar-refractivity contribution >= 4 is 23.7 Å². The molecule has 0 unspecified atom stereocenters. The SMILES string of the molecule is CC(C)(Sc1ccc(C(=O)OCCn2cc(-c3ccc(C(C)(C)C)cc3)nn2)cc1)C(=O)O. The molecule has 33 heavy (non-hydrogen) atoms. The quantitative estimate of drug-likeness (QED) is 0.366. The molecular formula is C25H29N3O4S. The summed E-state index contributed by atoms with van der Waals surface area (Å²) in [5, 5.41) is 17.6. The van der Waals surface area contributed by atoms with E-state index in [2.05, 4.69) is 43.2 Å². The smallest absolute Gasteiger partial charge is 0.338 e. The Labute approximate surface area is 198 Å². The molecule has 0 radical (unpaired) electrons. The number of nitrogens with zero attached hydrogens (tertiary/aromatic N) is 3. The molecule has 0 fully saturated rings. The second kappa shape index (κ2) is 9.79. The first kappa shape index (κ1) is 24.5. The summed E-state index contributed by atoms with van der Waals surface area (Å²) < 4.78 is 6.05. The first-order valence-corrected chi connectivity index (χ1v) is 11.5. The van der Waals surface area contributed by atoms with Crippen LogP contribution in [0.3, 0.4) is 0 Å². The third-order valence-electron chi connectivity index (χ3n) is 5.12. The molecule has 174 valence electrons. The maximum atomic E-state index is 12.3. The minimum absolute atomic E-state index is 0.0915. The highest BCUT2D eigenvalue weighted by Gasteiger charge is 2.28. The van der Waals surface area contributed by atoms with E-state index in [0.29, 0.717) is 12.1 Å². The predicted molar refractivity (Wildman–Crippen MR) is 128 cm³/mol. The maximum Gasteiger partial charge on any atom is 0.338 e. The van der Waals surface area contributed by atoms with E-state index >= 15 is 0 Å². The molecule has 0 aliphatic rings. The number of hydrogen-bond acceptors (Lipinski definition) is 6. The van der Waals surface area contributed by atoms with Crippen LogP contribution in [-0.4, -0.2) is 43.4 Å². The Balaban J connectivity index is 1.52. The van der Waals surface area contributed by atoms with Crippen molar-refractivity contribution in [3.05, 3.63) is 65.9 Å². The second-order valence-corrected chi connectivity index (χ2v) is 11.0. The molecule has 0 spiro atoms. The number of hydrogen-bond donors (Lipinski definition) is 1. The largest absolute Gasteiger partial charge is 0.480 e. The molecule has 0 saturated heterocycles. The van der Waals surface area contributed by atoms with Gasteiger partial charge in [-0.1, -0.05) is 50.3 Å². The minimum atomic E-state index is -0.951. The third kappa shape index (κ3) is 6.44. The number of carboxylic acid groups (broad SMARTS) is 1. The van der Waals surface area contributed by atoms with Crippen molar-refractivity contribution in [1.29, 1.82) is 0 Å². The third-order valence-corrected chi connectivity index (χ3v) is 6.31. The van der Waals surface area contributed by atoms with Gasteiger partial charge in [0.2, 0.25) is 0 Å². The van der Waals surface area contributed by atoms with Crippen molar-refractivity contribution < 1.29 is 19.4 Å². The van der Waals surface area contributed by atoms with Crippen LogP contribution in [0, 0.1) is 0 Å². The van der Waals surface area contributed by atoms with Crippen LogP contribution in [0.2, 0.25) is 0 Å². The molecule has 0 atom stereocenters. The summed E-state index contributed by atoms with van der Waals surface area (Å²) in [6.45, 7) is 10.3. The van der Waals surface area contributed by atoms with E-state index in [9.17, 15) is 14.7 Å². The number of carboxylic acids is 1. The van der Waals surface area contributed by atoms with Gasteiger partial charge in [0.05, 0.1) is 18.3 Å². The number of rotatable bonds is 8. The Hall–Kier alpha value is -3.13. The van der Waals surface area contributed by atoms with Crippen LogP contribution in [0.5, 0.6) is 0 Å². The van der Waals surface area contributed by atoms with Crippen LogP contribution < -0.4 is 0 Å². The van der Waals surface area contributed by atoms with Gasteiger partial charge in [0.25, 0.3) is 0 Å². The summed E-state index contributed by atoms with van der Waals surface area (Å²) >= 11 is 1.22. The molecule has 1 aromatic heterocycles. The van der Waals surface area contributed by atoms with E-state index in [1.54, 1.807) is 42.8 Å². The second-order valence-electron chi connectivity index (χ2n) is 9.27. The monoisotopic (exact) mass is 467 g/mol. The zero-order chi connectivity index (χ0) is 24.2. The fourth-order valence-electron chi connectivity index (χ4n) is 2.99. The normalized spacial score (nSPS) is 11.9. The lowest BCUT2D eigenvalue weighted by molar-refractivity contribution is -0.138. The van der Waals surface area contributed by atoms with Crippen molar-refractivity contribution in [2.75, 3.05) is 6.61 Å². The average Bonchev–Trinajstić information content (AvgIpc) is 3.22. The Morgan fingerprint density at radius 2 is 1.64 bits per heavy atom. The van der Waals surface area contributed by atoms with Crippen molar-refractivity contribution in [3.63, 3.8) is 0 Å². The molecule has 7 nitrogen and oxygen atoms in total. The van der Waals surface area contributed by atoms with E-state index in [0.717, 1.165) is 16.2 Å². The number of aromatic nitrogens is 3. The molecule has 1 N–H and O–H groups in total. The summed E-state index contributed by atoms with van der Waals surface area (Å²) in [6.07, 6.45) is 1.83. The summed E-state index contributed by atoms with van der Waals surface area (Å²) in [5.41, 5.74) is 3.50. The first-order valence-electron chi connectivity index (χ1n) is 10.7. The fraction of sp³-hybridized carbons (Fsp3) is 0.360. The Morgan fingerprint density at radius 1 is 1.00 bits per heavy atom. The standard InChI is InChI=1S/C25H29N3O4S/c1-24(2,3)19-10-6-17(7-11-19)21-16-28(27-26-21)14-15-32-22(29)18-8-12-20(13-9-18)33-25(4,5)23(30)31/h6-13,16H,14-15H2,1-5H3,(H,30,31). The van der Waals surface area contributed by atoms with Gasteiger partial charge in [-0.3, -0.25) is 4.79 Å². The zero-order valence-corrected chi connectivity index (χ0v) is 20.3.